The molecule has 1 fully saturated rings. The highest BCUT2D eigenvalue weighted by atomic mass is 35.5. The Balaban J connectivity index is 1.36. The molecule has 5 rings (SSSR count). The zero-order chi connectivity index (χ0) is 25.3. The van der Waals surface area contributed by atoms with Crippen molar-refractivity contribution in [2.45, 2.75) is 23.8 Å². The Bertz CT molecular complexity index is 1490. The first kappa shape index (κ1) is 25.4. The van der Waals surface area contributed by atoms with Crippen molar-refractivity contribution < 1.29 is 8.42 Å². The van der Waals surface area contributed by atoms with Crippen LogP contribution in [0.25, 0.3) is 10.8 Å². The first-order valence-corrected chi connectivity index (χ1v) is 14.4. The van der Waals surface area contributed by atoms with E-state index >= 15 is 0 Å². The average Bonchev–Trinajstić information content (AvgIpc) is 2.88. The normalized spacial score (nSPS) is 18.5. The van der Waals surface area contributed by atoms with Gasteiger partial charge in [0.1, 0.15) is 0 Å². The van der Waals surface area contributed by atoms with Gasteiger partial charge in [-0.15, -0.1) is 0 Å². The van der Waals surface area contributed by atoms with Crippen molar-refractivity contribution in [3.8, 4) is 0 Å². The van der Waals surface area contributed by atoms with Crippen molar-refractivity contribution in [1.82, 2.24) is 4.72 Å². The van der Waals surface area contributed by atoms with Crippen molar-refractivity contribution >= 4 is 61.3 Å². The Hall–Kier alpha value is -2.28. The third kappa shape index (κ3) is 5.51. The number of rotatable bonds is 6. The maximum absolute atomic E-state index is 13.1. The van der Waals surface area contributed by atoms with Gasteiger partial charge in [0, 0.05) is 33.8 Å². The highest BCUT2D eigenvalue weighted by molar-refractivity contribution is 7.89. The molecule has 2 unspecified atom stereocenters. The molecule has 1 aliphatic rings. The van der Waals surface area contributed by atoms with E-state index < -0.39 is 10.0 Å². The summed E-state index contributed by atoms with van der Waals surface area (Å²) in [4.78, 5) is 2.56. The van der Waals surface area contributed by atoms with Crippen LogP contribution in [0.3, 0.4) is 0 Å². The van der Waals surface area contributed by atoms with Crippen molar-refractivity contribution in [2.75, 3.05) is 18.0 Å². The van der Waals surface area contributed by atoms with Crippen LogP contribution in [0.4, 0.5) is 5.69 Å². The Kier molecular flexibility index (Phi) is 7.47. The van der Waals surface area contributed by atoms with Crippen LogP contribution in [0.2, 0.25) is 15.1 Å². The van der Waals surface area contributed by atoms with E-state index in [4.69, 9.17) is 34.8 Å². The molecule has 186 valence electrons. The summed E-state index contributed by atoms with van der Waals surface area (Å²) in [6.45, 7) is 1.02. The second-order valence-corrected chi connectivity index (χ2v) is 12.2. The maximum Gasteiger partial charge on any atom is 0.240 e. The molecule has 2 atom stereocenters. The molecular weight excluding hydrogens is 535 g/mol. The standard InChI is InChI=1S/C28H25Cl3N2O2S/c29-22-7-10-24(11-8-22)33-18-19(5-14-28(33)26-13-9-23(30)16-27(26)31)17-32-36(34,35)25-12-6-20-3-1-2-4-21(20)15-25/h1-4,6-13,15-16,19,28,32H,5,14,17-18H2. The van der Waals surface area contributed by atoms with Crippen LogP contribution in [-0.4, -0.2) is 21.5 Å². The van der Waals surface area contributed by atoms with Crippen LogP contribution >= 0.6 is 34.8 Å². The Morgan fingerprint density at radius 1 is 0.806 bits per heavy atom. The number of nitrogens with zero attached hydrogens (tertiary/aromatic N) is 1. The number of piperidine rings is 1. The van der Waals surface area contributed by atoms with Crippen LogP contribution in [0.15, 0.2) is 89.8 Å². The van der Waals surface area contributed by atoms with Gasteiger partial charge in [0.25, 0.3) is 0 Å². The second kappa shape index (κ2) is 10.6. The molecule has 1 aliphatic heterocycles. The monoisotopic (exact) mass is 558 g/mol. The Morgan fingerprint density at radius 3 is 2.28 bits per heavy atom. The van der Waals surface area contributed by atoms with E-state index in [-0.39, 0.29) is 16.9 Å². The van der Waals surface area contributed by atoms with Crippen molar-refractivity contribution in [1.29, 1.82) is 0 Å². The fourth-order valence-corrected chi connectivity index (χ4v) is 6.68. The van der Waals surface area contributed by atoms with Crippen LogP contribution in [0, 0.1) is 5.92 Å². The van der Waals surface area contributed by atoms with Crippen LogP contribution in [0.1, 0.15) is 24.4 Å². The molecule has 1 heterocycles. The smallest absolute Gasteiger partial charge is 0.240 e. The lowest BCUT2D eigenvalue weighted by molar-refractivity contribution is 0.358. The molecule has 0 saturated carbocycles. The van der Waals surface area contributed by atoms with Gasteiger partial charge in [0.15, 0.2) is 0 Å². The predicted molar refractivity (Wildman–Crippen MR) is 150 cm³/mol. The van der Waals surface area contributed by atoms with E-state index in [1.54, 1.807) is 18.2 Å². The third-order valence-electron chi connectivity index (χ3n) is 6.75. The molecule has 0 aromatic heterocycles. The molecule has 4 aromatic rings. The molecule has 0 spiro atoms. The highest BCUT2D eigenvalue weighted by Gasteiger charge is 2.31. The predicted octanol–water partition coefficient (Wildman–Crippen LogP) is 7.74. The van der Waals surface area contributed by atoms with E-state index in [9.17, 15) is 8.42 Å². The minimum atomic E-state index is -3.64. The molecular formula is C28H25Cl3N2O2S. The number of anilines is 1. The number of benzene rings is 4. The van der Waals surface area contributed by atoms with Crippen molar-refractivity contribution in [2.24, 2.45) is 5.92 Å². The first-order chi connectivity index (χ1) is 17.3. The summed E-state index contributed by atoms with van der Waals surface area (Å²) in [5.74, 6) is 0.123. The third-order valence-corrected chi connectivity index (χ3v) is 8.99. The van der Waals surface area contributed by atoms with E-state index in [2.05, 4.69) is 9.62 Å². The largest absolute Gasteiger partial charge is 0.364 e. The van der Waals surface area contributed by atoms with Gasteiger partial charge in [-0.3, -0.25) is 0 Å². The van der Waals surface area contributed by atoms with Crippen molar-refractivity contribution in [3.63, 3.8) is 0 Å². The lowest BCUT2D eigenvalue weighted by Gasteiger charge is -2.42. The van der Waals surface area contributed by atoms with E-state index in [1.807, 2.05) is 66.7 Å². The number of halogens is 3. The fraction of sp³-hybridized carbons (Fsp3) is 0.214. The van der Waals surface area contributed by atoms with Crippen molar-refractivity contribution in [3.05, 3.63) is 106 Å². The van der Waals surface area contributed by atoms with Gasteiger partial charge >= 0.3 is 0 Å². The van der Waals surface area contributed by atoms with Crippen LogP contribution < -0.4 is 9.62 Å². The zero-order valence-corrected chi connectivity index (χ0v) is 22.5. The fourth-order valence-electron chi connectivity index (χ4n) is 4.87. The summed E-state index contributed by atoms with van der Waals surface area (Å²) in [6.07, 6.45) is 1.68. The number of hydrogen-bond acceptors (Lipinski definition) is 3. The minimum Gasteiger partial charge on any atom is -0.364 e. The van der Waals surface area contributed by atoms with E-state index in [0.717, 1.165) is 34.9 Å². The summed E-state index contributed by atoms with van der Waals surface area (Å²) in [7, 11) is -3.64. The number of hydrogen-bond donors (Lipinski definition) is 1. The number of sulfonamides is 1. The molecule has 0 aliphatic carbocycles. The van der Waals surface area contributed by atoms with Gasteiger partial charge < -0.3 is 4.90 Å². The quantitative estimate of drug-likeness (QED) is 0.263. The highest BCUT2D eigenvalue weighted by Crippen LogP contribution is 2.40. The molecule has 8 heteroatoms. The summed E-state index contributed by atoms with van der Waals surface area (Å²) in [6, 6.07) is 26.3. The van der Waals surface area contributed by atoms with E-state index in [1.165, 1.54) is 0 Å². The number of nitrogens with one attached hydrogen (secondary N) is 1. The maximum atomic E-state index is 13.1. The molecule has 4 nitrogen and oxygen atoms in total. The molecule has 0 amide bonds. The van der Waals surface area contributed by atoms with Gasteiger partial charge in [-0.1, -0.05) is 71.2 Å². The summed E-state index contributed by atoms with van der Waals surface area (Å²) in [5.41, 5.74) is 2.02. The summed E-state index contributed by atoms with van der Waals surface area (Å²) in [5, 5.41) is 3.79. The Labute approximate surface area is 226 Å². The van der Waals surface area contributed by atoms with Gasteiger partial charge in [-0.2, -0.15) is 0 Å². The lowest BCUT2D eigenvalue weighted by Crippen LogP contribution is -2.42. The molecule has 1 saturated heterocycles. The molecule has 1 N–H and O–H groups in total. The number of fused-ring (bicyclic) bond motifs is 1. The topological polar surface area (TPSA) is 49.4 Å². The summed E-state index contributed by atoms with van der Waals surface area (Å²) < 4.78 is 29.0. The van der Waals surface area contributed by atoms with Gasteiger partial charge in [0.2, 0.25) is 10.0 Å². The van der Waals surface area contributed by atoms with E-state index in [0.29, 0.717) is 28.2 Å². The second-order valence-electron chi connectivity index (χ2n) is 9.11. The zero-order valence-electron chi connectivity index (χ0n) is 19.4. The SMILES string of the molecule is O=S(=O)(NCC1CCC(c2ccc(Cl)cc2Cl)N(c2ccc(Cl)cc2)C1)c1ccc2ccccc2c1. The van der Waals surface area contributed by atoms with Gasteiger partial charge in [0.05, 0.1) is 10.9 Å². The van der Waals surface area contributed by atoms with Gasteiger partial charge in [-0.05, 0) is 83.6 Å². The molecule has 36 heavy (non-hydrogen) atoms. The Morgan fingerprint density at radius 2 is 1.53 bits per heavy atom. The molecule has 0 radical (unpaired) electrons. The van der Waals surface area contributed by atoms with Crippen LogP contribution in [-0.2, 0) is 10.0 Å². The lowest BCUT2D eigenvalue weighted by atomic mass is 9.88. The molecule has 4 aromatic carbocycles. The summed E-state index contributed by atoms with van der Waals surface area (Å²) >= 11 is 18.9. The van der Waals surface area contributed by atoms with Crippen LogP contribution in [0.5, 0.6) is 0 Å². The first-order valence-electron chi connectivity index (χ1n) is 11.8. The molecule has 0 bridgehead atoms. The van der Waals surface area contributed by atoms with Gasteiger partial charge in [-0.25, -0.2) is 13.1 Å². The minimum absolute atomic E-state index is 0.0456. The average molecular weight is 560 g/mol.